The maximum absolute atomic E-state index is 5.96. The van der Waals surface area contributed by atoms with Gasteiger partial charge in [-0.1, -0.05) is 13.8 Å². The number of halogens is 1. The lowest BCUT2D eigenvalue weighted by atomic mass is 10.2. The number of nitrogens with zero attached hydrogens (tertiary/aromatic N) is 3. The summed E-state index contributed by atoms with van der Waals surface area (Å²) in [5.41, 5.74) is 2.47. The zero-order valence-electron chi connectivity index (χ0n) is 9.44. The van der Waals surface area contributed by atoms with E-state index >= 15 is 0 Å². The minimum atomic E-state index is 0.373. The van der Waals surface area contributed by atoms with Crippen LogP contribution in [0.5, 0.6) is 0 Å². The predicted octanol–water partition coefficient (Wildman–Crippen LogP) is 3.14. The number of hydrogen-bond donors (Lipinski definition) is 0. The smallest absolute Gasteiger partial charge is 0.125 e. The molecule has 1 fully saturated rings. The van der Waals surface area contributed by atoms with Crippen LogP contribution in [0.4, 0.5) is 0 Å². The summed E-state index contributed by atoms with van der Waals surface area (Å²) in [5, 5.41) is 0. The fraction of sp³-hybridized carbons (Fsp3) is 0.500. The Hall–Kier alpha value is -1.09. The van der Waals surface area contributed by atoms with E-state index in [0.717, 1.165) is 16.9 Å². The summed E-state index contributed by atoms with van der Waals surface area (Å²) in [5.74, 6) is 1.42. The fourth-order valence-corrected chi connectivity index (χ4v) is 2.51. The Kier molecular flexibility index (Phi) is 2.02. The Labute approximate surface area is 99.5 Å². The second-order valence-electron chi connectivity index (χ2n) is 5.10. The number of imidazole rings is 1. The molecule has 16 heavy (non-hydrogen) atoms. The molecule has 84 valence electrons. The van der Waals surface area contributed by atoms with Gasteiger partial charge in [0.25, 0.3) is 0 Å². The molecule has 0 radical (unpaired) electrons. The summed E-state index contributed by atoms with van der Waals surface area (Å²) in [4.78, 5) is 8.63. The molecule has 0 spiro atoms. The van der Waals surface area contributed by atoms with Crippen molar-refractivity contribution in [3.05, 3.63) is 24.3 Å². The molecule has 4 heteroatoms. The molecule has 2 aromatic rings. The zero-order valence-corrected chi connectivity index (χ0v) is 10.2. The minimum absolute atomic E-state index is 0.373. The maximum atomic E-state index is 5.96. The molecule has 1 aliphatic carbocycles. The molecule has 0 aliphatic heterocycles. The highest BCUT2D eigenvalue weighted by Gasteiger charge is 2.48. The molecule has 0 aromatic carbocycles. The topological polar surface area (TPSA) is 30.7 Å². The SMILES string of the molecule is CC1(C)CC1n1c(CCl)nc2cnccc21. The number of hydrogen-bond acceptors (Lipinski definition) is 2. The van der Waals surface area contributed by atoms with E-state index in [9.17, 15) is 0 Å². The van der Waals surface area contributed by atoms with Crippen molar-refractivity contribution in [2.24, 2.45) is 5.41 Å². The number of alkyl halides is 1. The van der Waals surface area contributed by atoms with Crippen LogP contribution < -0.4 is 0 Å². The lowest BCUT2D eigenvalue weighted by molar-refractivity contribution is 0.540. The van der Waals surface area contributed by atoms with Crippen LogP contribution in [0.25, 0.3) is 11.0 Å². The third-order valence-corrected chi connectivity index (χ3v) is 3.70. The van der Waals surface area contributed by atoms with Gasteiger partial charge in [0.1, 0.15) is 11.3 Å². The van der Waals surface area contributed by atoms with Crippen molar-refractivity contribution >= 4 is 22.6 Å². The molecule has 1 atom stereocenters. The van der Waals surface area contributed by atoms with E-state index in [-0.39, 0.29) is 0 Å². The second kappa shape index (κ2) is 3.20. The Morgan fingerprint density at radius 3 is 2.94 bits per heavy atom. The monoisotopic (exact) mass is 235 g/mol. The minimum Gasteiger partial charge on any atom is -0.323 e. The number of aromatic nitrogens is 3. The van der Waals surface area contributed by atoms with Gasteiger partial charge < -0.3 is 4.57 Å². The van der Waals surface area contributed by atoms with Crippen LogP contribution in [-0.2, 0) is 5.88 Å². The molecule has 3 rings (SSSR count). The summed E-state index contributed by atoms with van der Waals surface area (Å²) < 4.78 is 2.28. The van der Waals surface area contributed by atoms with Crippen LogP contribution >= 0.6 is 11.6 Å². The molecule has 0 amide bonds. The van der Waals surface area contributed by atoms with Crippen LogP contribution in [0, 0.1) is 5.41 Å². The van der Waals surface area contributed by atoms with Gasteiger partial charge in [0.05, 0.1) is 17.6 Å². The number of rotatable bonds is 2. The van der Waals surface area contributed by atoms with Crippen molar-refractivity contribution in [3.63, 3.8) is 0 Å². The Morgan fingerprint density at radius 1 is 1.56 bits per heavy atom. The van der Waals surface area contributed by atoms with Crippen molar-refractivity contribution < 1.29 is 0 Å². The fourth-order valence-electron chi connectivity index (χ4n) is 2.32. The standard InChI is InChI=1S/C12H14ClN3/c1-12(2)5-10(12)16-9-3-4-14-7-8(9)15-11(16)6-13/h3-4,7,10H,5-6H2,1-2H3. The van der Waals surface area contributed by atoms with E-state index < -0.39 is 0 Å². The first kappa shape index (κ1) is 10.1. The molecule has 1 aliphatic rings. The molecule has 0 bridgehead atoms. The van der Waals surface area contributed by atoms with E-state index in [4.69, 9.17) is 11.6 Å². The highest BCUT2D eigenvalue weighted by Crippen LogP contribution is 2.56. The summed E-state index contributed by atoms with van der Waals surface area (Å²) in [7, 11) is 0. The first-order valence-electron chi connectivity index (χ1n) is 5.50. The number of pyridine rings is 1. The lowest BCUT2D eigenvalue weighted by Gasteiger charge is -2.09. The van der Waals surface area contributed by atoms with Gasteiger partial charge in [0, 0.05) is 12.2 Å². The van der Waals surface area contributed by atoms with Crippen LogP contribution in [0.2, 0.25) is 0 Å². The average Bonchev–Trinajstić information content (AvgIpc) is 2.76. The Balaban J connectivity index is 2.21. The normalized spacial score (nSPS) is 22.6. The van der Waals surface area contributed by atoms with Crippen LogP contribution in [0.15, 0.2) is 18.5 Å². The molecule has 2 aromatic heterocycles. The van der Waals surface area contributed by atoms with Gasteiger partial charge in [0.2, 0.25) is 0 Å². The molecule has 0 saturated heterocycles. The van der Waals surface area contributed by atoms with Crippen molar-refractivity contribution in [1.29, 1.82) is 0 Å². The zero-order chi connectivity index (χ0) is 11.3. The predicted molar refractivity (Wildman–Crippen MR) is 64.5 cm³/mol. The van der Waals surface area contributed by atoms with Crippen LogP contribution in [0.3, 0.4) is 0 Å². The summed E-state index contributed by atoms with van der Waals surface area (Å²) in [6.07, 6.45) is 4.82. The maximum Gasteiger partial charge on any atom is 0.125 e. The third-order valence-electron chi connectivity index (χ3n) is 3.46. The van der Waals surface area contributed by atoms with Gasteiger partial charge in [-0.25, -0.2) is 4.98 Å². The molecule has 0 N–H and O–H groups in total. The summed E-state index contributed by atoms with van der Waals surface area (Å²) in [6, 6.07) is 2.56. The summed E-state index contributed by atoms with van der Waals surface area (Å²) in [6.45, 7) is 4.56. The Morgan fingerprint density at radius 2 is 2.31 bits per heavy atom. The molecular formula is C12H14ClN3. The Bertz CT molecular complexity index is 544. The second-order valence-corrected chi connectivity index (χ2v) is 5.37. The van der Waals surface area contributed by atoms with E-state index in [2.05, 4.69) is 28.4 Å². The van der Waals surface area contributed by atoms with Gasteiger partial charge >= 0.3 is 0 Å². The first-order valence-corrected chi connectivity index (χ1v) is 6.04. The van der Waals surface area contributed by atoms with Crippen LogP contribution in [0.1, 0.15) is 32.1 Å². The van der Waals surface area contributed by atoms with E-state index in [1.165, 1.54) is 6.42 Å². The van der Waals surface area contributed by atoms with Crippen molar-refractivity contribution in [3.8, 4) is 0 Å². The van der Waals surface area contributed by atoms with E-state index in [1.54, 1.807) is 6.20 Å². The van der Waals surface area contributed by atoms with Crippen molar-refractivity contribution in [1.82, 2.24) is 14.5 Å². The number of fused-ring (bicyclic) bond motifs is 1. The van der Waals surface area contributed by atoms with Crippen molar-refractivity contribution in [2.45, 2.75) is 32.2 Å². The van der Waals surface area contributed by atoms with Crippen LogP contribution in [-0.4, -0.2) is 14.5 Å². The molecule has 1 saturated carbocycles. The van der Waals surface area contributed by atoms with Gasteiger partial charge in [-0.15, -0.1) is 11.6 Å². The molecule has 2 heterocycles. The third kappa shape index (κ3) is 1.34. The van der Waals surface area contributed by atoms with Crippen molar-refractivity contribution in [2.75, 3.05) is 0 Å². The highest BCUT2D eigenvalue weighted by atomic mass is 35.5. The summed E-state index contributed by atoms with van der Waals surface area (Å²) >= 11 is 5.96. The van der Waals surface area contributed by atoms with Gasteiger partial charge in [-0.3, -0.25) is 4.98 Å². The first-order chi connectivity index (χ1) is 7.63. The van der Waals surface area contributed by atoms with E-state index in [0.29, 0.717) is 17.3 Å². The molecule has 1 unspecified atom stereocenters. The lowest BCUT2D eigenvalue weighted by Crippen LogP contribution is -2.04. The molecular weight excluding hydrogens is 222 g/mol. The van der Waals surface area contributed by atoms with E-state index in [1.807, 2.05) is 12.3 Å². The largest absolute Gasteiger partial charge is 0.323 e. The van der Waals surface area contributed by atoms with Gasteiger partial charge in [0.15, 0.2) is 0 Å². The molecule has 3 nitrogen and oxygen atoms in total. The average molecular weight is 236 g/mol. The van der Waals surface area contributed by atoms with Gasteiger partial charge in [-0.05, 0) is 17.9 Å². The highest BCUT2D eigenvalue weighted by molar-refractivity contribution is 6.16. The quantitative estimate of drug-likeness (QED) is 0.749. The van der Waals surface area contributed by atoms with Gasteiger partial charge in [-0.2, -0.15) is 0 Å².